The topological polar surface area (TPSA) is 46.9 Å². The van der Waals surface area contributed by atoms with Gasteiger partial charge in [-0.25, -0.2) is 4.68 Å². The number of aromatic nitrogens is 2. The van der Waals surface area contributed by atoms with Crippen LogP contribution in [0.1, 0.15) is 19.8 Å². The van der Waals surface area contributed by atoms with Crippen LogP contribution in [0, 0.1) is 12.3 Å². The predicted octanol–water partition coefficient (Wildman–Crippen LogP) is 2.48. The van der Waals surface area contributed by atoms with Crippen molar-refractivity contribution >= 4 is 29.1 Å². The van der Waals surface area contributed by atoms with Crippen LogP contribution in [0.4, 0.5) is 5.69 Å². The van der Waals surface area contributed by atoms with E-state index in [0.29, 0.717) is 24.5 Å². The predicted molar refractivity (Wildman–Crippen MR) is 83.1 cm³/mol. The van der Waals surface area contributed by atoms with Gasteiger partial charge < -0.3 is 5.32 Å². The summed E-state index contributed by atoms with van der Waals surface area (Å²) in [6, 6.07) is 0. The van der Waals surface area contributed by atoms with E-state index in [1.807, 2.05) is 0 Å². The molecule has 0 amide bonds. The van der Waals surface area contributed by atoms with Gasteiger partial charge in [0.25, 0.3) is 5.56 Å². The highest BCUT2D eigenvalue weighted by atomic mass is 35.5. The van der Waals surface area contributed by atoms with E-state index in [2.05, 4.69) is 23.3 Å². The molecule has 104 valence electrons. The van der Waals surface area contributed by atoms with Crippen LogP contribution in [0.15, 0.2) is 11.0 Å². The summed E-state index contributed by atoms with van der Waals surface area (Å²) in [4.78, 5) is 11.9. The summed E-state index contributed by atoms with van der Waals surface area (Å²) in [5.74, 6) is 4.10. The number of aryl methyl sites for hydroxylation is 1. The van der Waals surface area contributed by atoms with E-state index < -0.39 is 0 Å². The summed E-state index contributed by atoms with van der Waals surface area (Å²) in [6.45, 7) is 3.37. The molecule has 0 unspecified atom stereocenters. The summed E-state index contributed by atoms with van der Waals surface area (Å²) in [7, 11) is 0. The zero-order chi connectivity index (χ0) is 14.1. The van der Waals surface area contributed by atoms with E-state index in [-0.39, 0.29) is 10.6 Å². The number of nitrogens with zero attached hydrogens (tertiary/aromatic N) is 2. The number of halogens is 1. The molecule has 4 nitrogen and oxygen atoms in total. The van der Waals surface area contributed by atoms with Crippen molar-refractivity contribution in [2.24, 2.45) is 0 Å². The molecular formula is C13H18ClN3OS. The van der Waals surface area contributed by atoms with Gasteiger partial charge in [-0.3, -0.25) is 4.79 Å². The average molecular weight is 300 g/mol. The van der Waals surface area contributed by atoms with E-state index in [1.165, 1.54) is 4.68 Å². The summed E-state index contributed by atoms with van der Waals surface area (Å²) < 4.78 is 1.41. The Morgan fingerprint density at radius 3 is 3.11 bits per heavy atom. The Morgan fingerprint density at radius 1 is 1.63 bits per heavy atom. The fourth-order valence-corrected chi connectivity index (χ4v) is 2.17. The lowest BCUT2D eigenvalue weighted by atomic mass is 10.3. The van der Waals surface area contributed by atoms with Gasteiger partial charge in [0.05, 0.1) is 17.6 Å². The van der Waals surface area contributed by atoms with Crippen LogP contribution in [0.3, 0.4) is 0 Å². The Bertz CT molecular complexity index is 496. The Hall–Kier alpha value is -1.12. The molecule has 0 atom stereocenters. The van der Waals surface area contributed by atoms with Crippen molar-refractivity contribution in [2.45, 2.75) is 26.3 Å². The normalized spacial score (nSPS) is 10.2. The second-order valence-corrected chi connectivity index (χ2v) is 5.42. The first-order valence-electron chi connectivity index (χ1n) is 6.21. The van der Waals surface area contributed by atoms with Crippen LogP contribution in [-0.4, -0.2) is 27.8 Å². The molecule has 1 N–H and O–H groups in total. The van der Waals surface area contributed by atoms with Crippen LogP contribution in [0.5, 0.6) is 0 Å². The minimum Gasteiger partial charge on any atom is -0.382 e. The quantitative estimate of drug-likeness (QED) is 0.592. The Morgan fingerprint density at radius 2 is 2.42 bits per heavy atom. The van der Waals surface area contributed by atoms with Crippen molar-refractivity contribution in [2.75, 3.05) is 23.4 Å². The number of terminal acetylenes is 1. The monoisotopic (exact) mass is 299 g/mol. The fraction of sp³-hybridized carbons (Fsp3) is 0.538. The number of thioether (sulfide) groups is 1. The highest BCUT2D eigenvalue weighted by Crippen LogP contribution is 2.15. The highest BCUT2D eigenvalue weighted by molar-refractivity contribution is 7.99. The maximum atomic E-state index is 11.9. The van der Waals surface area contributed by atoms with Crippen molar-refractivity contribution in [3.63, 3.8) is 0 Å². The zero-order valence-corrected chi connectivity index (χ0v) is 12.6. The fourth-order valence-electron chi connectivity index (χ4n) is 1.44. The lowest BCUT2D eigenvalue weighted by Crippen LogP contribution is -2.24. The third-order valence-electron chi connectivity index (χ3n) is 2.46. The number of hydrogen-bond donors (Lipinski definition) is 1. The van der Waals surface area contributed by atoms with Crippen LogP contribution in [0.2, 0.25) is 5.02 Å². The second-order valence-electron chi connectivity index (χ2n) is 3.94. The molecule has 1 aromatic heterocycles. The van der Waals surface area contributed by atoms with Crippen molar-refractivity contribution in [1.82, 2.24) is 9.78 Å². The van der Waals surface area contributed by atoms with Gasteiger partial charge in [0, 0.05) is 18.8 Å². The minimum absolute atomic E-state index is 0.202. The second kappa shape index (κ2) is 8.89. The molecule has 0 aliphatic rings. The van der Waals surface area contributed by atoms with Crippen LogP contribution < -0.4 is 10.9 Å². The first kappa shape index (κ1) is 15.9. The standard InChI is InChI=1S/C13H18ClN3OS/c1-3-5-7-17-13(18)12(14)11(10-16-17)15-6-9-19-8-4-2/h2,10,15H,3,5-9H2,1H3. The molecule has 1 heterocycles. The van der Waals surface area contributed by atoms with Gasteiger partial charge in [-0.2, -0.15) is 5.10 Å². The molecular weight excluding hydrogens is 282 g/mol. The molecule has 0 aliphatic carbocycles. The molecule has 6 heteroatoms. The SMILES string of the molecule is C#CCSCCNc1cnn(CCCC)c(=O)c1Cl. The molecule has 1 rings (SSSR count). The number of nitrogens with one attached hydrogen (secondary N) is 1. The molecule has 0 fully saturated rings. The summed E-state index contributed by atoms with van der Waals surface area (Å²) >= 11 is 7.69. The molecule has 0 aromatic carbocycles. The van der Waals surface area contributed by atoms with Crippen LogP contribution >= 0.6 is 23.4 Å². The van der Waals surface area contributed by atoms with Crippen molar-refractivity contribution in [3.8, 4) is 12.3 Å². The maximum absolute atomic E-state index is 11.9. The zero-order valence-electron chi connectivity index (χ0n) is 11.0. The van der Waals surface area contributed by atoms with Gasteiger partial charge in [0.1, 0.15) is 5.02 Å². The molecule has 0 aliphatic heterocycles. The Balaban J connectivity index is 2.59. The van der Waals surface area contributed by atoms with Gasteiger partial charge >= 0.3 is 0 Å². The van der Waals surface area contributed by atoms with E-state index in [0.717, 1.165) is 18.6 Å². The number of rotatable bonds is 8. The van der Waals surface area contributed by atoms with Crippen LogP contribution in [-0.2, 0) is 6.54 Å². The Labute approximate surface area is 122 Å². The van der Waals surface area contributed by atoms with Gasteiger partial charge in [-0.15, -0.1) is 18.2 Å². The van der Waals surface area contributed by atoms with Gasteiger partial charge in [0.15, 0.2) is 0 Å². The Kier molecular flexibility index (Phi) is 7.46. The van der Waals surface area contributed by atoms with Gasteiger partial charge in [-0.05, 0) is 6.42 Å². The average Bonchev–Trinajstić information content (AvgIpc) is 2.42. The molecule has 0 saturated heterocycles. The number of hydrogen-bond acceptors (Lipinski definition) is 4. The first-order valence-corrected chi connectivity index (χ1v) is 7.74. The molecule has 19 heavy (non-hydrogen) atoms. The van der Waals surface area contributed by atoms with Crippen molar-refractivity contribution < 1.29 is 0 Å². The van der Waals surface area contributed by atoms with Crippen LogP contribution in [0.25, 0.3) is 0 Å². The van der Waals surface area contributed by atoms with Gasteiger partial charge in [-0.1, -0.05) is 30.9 Å². The third-order valence-corrected chi connectivity index (χ3v) is 3.68. The first-order chi connectivity index (χ1) is 9.20. The molecule has 0 saturated carbocycles. The van der Waals surface area contributed by atoms with E-state index in [9.17, 15) is 4.79 Å². The van der Waals surface area contributed by atoms with E-state index in [4.69, 9.17) is 18.0 Å². The molecule has 1 aromatic rings. The van der Waals surface area contributed by atoms with E-state index >= 15 is 0 Å². The lowest BCUT2D eigenvalue weighted by molar-refractivity contribution is 0.543. The highest BCUT2D eigenvalue weighted by Gasteiger charge is 2.08. The largest absolute Gasteiger partial charge is 0.382 e. The summed E-state index contributed by atoms with van der Waals surface area (Å²) in [6.07, 6.45) is 8.69. The molecule has 0 radical (unpaired) electrons. The third kappa shape index (κ3) is 5.17. The number of unbranched alkanes of at least 4 members (excludes halogenated alkanes) is 1. The summed E-state index contributed by atoms with van der Waals surface area (Å²) in [5, 5.41) is 7.41. The van der Waals surface area contributed by atoms with E-state index in [1.54, 1.807) is 18.0 Å². The molecule has 0 bridgehead atoms. The minimum atomic E-state index is -0.239. The molecule has 0 spiro atoms. The van der Waals surface area contributed by atoms with Crippen molar-refractivity contribution in [1.29, 1.82) is 0 Å². The smallest absolute Gasteiger partial charge is 0.287 e. The lowest BCUT2D eigenvalue weighted by Gasteiger charge is -2.09. The number of anilines is 1. The van der Waals surface area contributed by atoms with Crippen molar-refractivity contribution in [3.05, 3.63) is 21.6 Å². The summed E-state index contributed by atoms with van der Waals surface area (Å²) in [5.41, 5.74) is 0.345. The maximum Gasteiger partial charge on any atom is 0.287 e. The van der Waals surface area contributed by atoms with Gasteiger partial charge in [0.2, 0.25) is 0 Å².